The van der Waals surface area contributed by atoms with Crippen LogP contribution in [0.1, 0.15) is 12.0 Å². The molecule has 0 aliphatic rings. The second kappa shape index (κ2) is 6.91. The number of fused-ring (bicyclic) bond motifs is 1. The van der Waals surface area contributed by atoms with Crippen LogP contribution in [0.25, 0.3) is 5.65 Å². The van der Waals surface area contributed by atoms with E-state index in [9.17, 15) is 0 Å². The molecular weight excluding hydrogens is 296 g/mol. The van der Waals surface area contributed by atoms with E-state index < -0.39 is 0 Å². The highest BCUT2D eigenvalue weighted by Crippen LogP contribution is 2.25. The summed E-state index contributed by atoms with van der Waals surface area (Å²) in [5.74, 6) is 2.45. The Bertz CT molecular complexity index is 788. The highest BCUT2D eigenvalue weighted by atomic mass is 16.5. The van der Waals surface area contributed by atoms with E-state index in [0.717, 1.165) is 42.3 Å². The van der Waals surface area contributed by atoms with Crippen molar-refractivity contribution in [2.45, 2.75) is 12.8 Å². The average molecular weight is 314 g/mol. The molecule has 0 radical (unpaired) electrons. The summed E-state index contributed by atoms with van der Waals surface area (Å²) in [4.78, 5) is 0. The first-order chi connectivity index (χ1) is 11.3. The summed E-state index contributed by atoms with van der Waals surface area (Å²) >= 11 is 0. The summed E-state index contributed by atoms with van der Waals surface area (Å²) in [5, 5.41) is 18.7. The Hall–Kier alpha value is -2.90. The van der Waals surface area contributed by atoms with E-state index in [1.807, 2.05) is 30.3 Å². The molecule has 23 heavy (non-hydrogen) atoms. The van der Waals surface area contributed by atoms with Crippen molar-refractivity contribution in [2.75, 3.05) is 26.1 Å². The van der Waals surface area contributed by atoms with Gasteiger partial charge in [0.15, 0.2) is 5.65 Å². The molecular formula is C15H18N6O2. The Kier molecular flexibility index (Phi) is 4.51. The predicted octanol–water partition coefficient (Wildman–Crippen LogP) is 1.58. The molecule has 120 valence electrons. The van der Waals surface area contributed by atoms with Crippen LogP contribution in [0.5, 0.6) is 11.5 Å². The summed E-state index contributed by atoms with van der Waals surface area (Å²) in [7, 11) is 3.34. The highest BCUT2D eigenvalue weighted by molar-refractivity contribution is 5.42. The first-order valence-electron chi connectivity index (χ1n) is 7.30. The molecule has 0 amide bonds. The summed E-state index contributed by atoms with van der Waals surface area (Å²) in [5.41, 5.74) is 1.74. The lowest BCUT2D eigenvalue weighted by atomic mass is 10.1. The molecule has 1 aromatic carbocycles. The standard InChI is InChI=1S/C15H18N6O2/c1-22-12-5-6-13(23-2)11(10-12)4-3-9-16-14-7-8-15-17-19-20-21(15)18-14/h5-8,10H,3-4,9H2,1-2H3,(H,16,18). The first kappa shape index (κ1) is 15.0. The number of methoxy groups -OCH3 is 2. The van der Waals surface area contributed by atoms with Gasteiger partial charge in [0.2, 0.25) is 0 Å². The minimum Gasteiger partial charge on any atom is -0.497 e. The molecule has 0 unspecified atom stereocenters. The molecule has 0 aliphatic heterocycles. The lowest BCUT2D eigenvalue weighted by molar-refractivity contribution is 0.398. The number of hydrogen-bond donors (Lipinski definition) is 1. The van der Waals surface area contributed by atoms with E-state index in [1.165, 1.54) is 4.63 Å². The zero-order valence-corrected chi connectivity index (χ0v) is 13.1. The maximum Gasteiger partial charge on any atom is 0.200 e. The average Bonchev–Trinajstić information content (AvgIpc) is 3.06. The van der Waals surface area contributed by atoms with Gasteiger partial charge in [0.1, 0.15) is 17.3 Å². The highest BCUT2D eigenvalue weighted by Gasteiger charge is 2.05. The van der Waals surface area contributed by atoms with Gasteiger partial charge in [0.25, 0.3) is 0 Å². The summed E-state index contributed by atoms with van der Waals surface area (Å²) in [6.45, 7) is 0.779. The topological polar surface area (TPSA) is 86.5 Å². The van der Waals surface area contributed by atoms with E-state index in [0.29, 0.717) is 5.65 Å². The third kappa shape index (κ3) is 3.47. The molecule has 3 rings (SSSR count). The Morgan fingerprint density at radius 2 is 2.04 bits per heavy atom. The van der Waals surface area contributed by atoms with E-state index >= 15 is 0 Å². The zero-order chi connectivity index (χ0) is 16.1. The molecule has 0 fully saturated rings. The number of aryl methyl sites for hydroxylation is 1. The van der Waals surface area contributed by atoms with Crippen molar-refractivity contribution >= 4 is 11.5 Å². The molecule has 2 heterocycles. The van der Waals surface area contributed by atoms with Crippen LogP contribution in [0, 0.1) is 0 Å². The Labute approximate surface area is 133 Å². The third-order valence-electron chi connectivity index (χ3n) is 3.49. The SMILES string of the molecule is COc1ccc(OC)c(CCCNc2ccc3nnnn3n2)c1. The van der Waals surface area contributed by atoms with E-state index in [-0.39, 0.29) is 0 Å². The summed E-state index contributed by atoms with van der Waals surface area (Å²) < 4.78 is 12.0. The number of hydrogen-bond acceptors (Lipinski definition) is 7. The van der Waals surface area contributed by atoms with Gasteiger partial charge in [-0.15, -0.1) is 14.8 Å². The van der Waals surface area contributed by atoms with Gasteiger partial charge in [0, 0.05) is 6.54 Å². The lowest BCUT2D eigenvalue weighted by Crippen LogP contribution is -2.07. The third-order valence-corrected chi connectivity index (χ3v) is 3.49. The molecule has 3 aromatic rings. The number of rotatable bonds is 7. The fraction of sp³-hybridized carbons (Fsp3) is 0.333. The fourth-order valence-electron chi connectivity index (χ4n) is 2.32. The Morgan fingerprint density at radius 3 is 2.87 bits per heavy atom. The van der Waals surface area contributed by atoms with Crippen LogP contribution in [0.2, 0.25) is 0 Å². The molecule has 1 N–H and O–H groups in total. The molecule has 8 heteroatoms. The van der Waals surface area contributed by atoms with Gasteiger partial charge in [-0.05, 0) is 59.2 Å². The monoisotopic (exact) mass is 314 g/mol. The summed E-state index contributed by atoms with van der Waals surface area (Å²) in [6, 6.07) is 9.50. The van der Waals surface area contributed by atoms with Crippen LogP contribution in [0.3, 0.4) is 0 Å². The van der Waals surface area contributed by atoms with E-state index in [1.54, 1.807) is 14.2 Å². The van der Waals surface area contributed by atoms with Crippen molar-refractivity contribution in [2.24, 2.45) is 0 Å². The van der Waals surface area contributed by atoms with Gasteiger partial charge in [-0.3, -0.25) is 0 Å². The smallest absolute Gasteiger partial charge is 0.200 e. The van der Waals surface area contributed by atoms with Crippen molar-refractivity contribution in [3.05, 3.63) is 35.9 Å². The number of anilines is 1. The second-order valence-electron chi connectivity index (χ2n) is 4.95. The number of nitrogens with one attached hydrogen (secondary N) is 1. The van der Waals surface area contributed by atoms with Crippen LogP contribution in [-0.4, -0.2) is 46.0 Å². The Balaban J connectivity index is 1.56. The van der Waals surface area contributed by atoms with Crippen LogP contribution < -0.4 is 14.8 Å². The molecule has 2 aromatic heterocycles. The van der Waals surface area contributed by atoms with Gasteiger partial charge in [-0.2, -0.15) is 0 Å². The van der Waals surface area contributed by atoms with E-state index in [2.05, 4.69) is 25.9 Å². The molecule has 0 aliphatic carbocycles. The maximum absolute atomic E-state index is 5.39. The quantitative estimate of drug-likeness (QED) is 0.662. The van der Waals surface area contributed by atoms with Gasteiger partial charge in [0.05, 0.1) is 14.2 Å². The predicted molar refractivity (Wildman–Crippen MR) is 84.9 cm³/mol. The molecule has 0 saturated heterocycles. The van der Waals surface area contributed by atoms with Crippen LogP contribution in [0.4, 0.5) is 5.82 Å². The molecule has 8 nitrogen and oxygen atoms in total. The van der Waals surface area contributed by atoms with Crippen molar-refractivity contribution in [3.63, 3.8) is 0 Å². The van der Waals surface area contributed by atoms with Gasteiger partial charge < -0.3 is 14.8 Å². The second-order valence-corrected chi connectivity index (χ2v) is 4.95. The van der Waals surface area contributed by atoms with Crippen LogP contribution >= 0.6 is 0 Å². The molecule has 0 bridgehead atoms. The van der Waals surface area contributed by atoms with E-state index in [4.69, 9.17) is 9.47 Å². The molecule has 0 spiro atoms. The van der Waals surface area contributed by atoms with Gasteiger partial charge in [-0.1, -0.05) is 0 Å². The zero-order valence-electron chi connectivity index (χ0n) is 13.1. The normalized spacial score (nSPS) is 10.7. The minimum absolute atomic E-state index is 0.622. The number of ether oxygens (including phenoxy) is 2. The maximum atomic E-state index is 5.39. The molecule has 0 saturated carbocycles. The van der Waals surface area contributed by atoms with Crippen molar-refractivity contribution < 1.29 is 9.47 Å². The number of aromatic nitrogens is 5. The summed E-state index contributed by atoms with van der Waals surface area (Å²) in [6.07, 6.45) is 1.80. The Morgan fingerprint density at radius 1 is 1.13 bits per heavy atom. The fourth-order valence-corrected chi connectivity index (χ4v) is 2.32. The number of tetrazole rings is 1. The van der Waals surface area contributed by atoms with Gasteiger partial charge >= 0.3 is 0 Å². The number of nitrogens with zero attached hydrogens (tertiary/aromatic N) is 5. The van der Waals surface area contributed by atoms with Crippen LogP contribution in [0.15, 0.2) is 30.3 Å². The van der Waals surface area contributed by atoms with Crippen LogP contribution in [-0.2, 0) is 6.42 Å². The first-order valence-corrected chi connectivity index (χ1v) is 7.30. The minimum atomic E-state index is 0.622. The van der Waals surface area contributed by atoms with Crippen molar-refractivity contribution in [1.82, 2.24) is 25.3 Å². The number of benzene rings is 1. The molecule has 0 atom stereocenters. The lowest BCUT2D eigenvalue weighted by Gasteiger charge is -2.11. The largest absolute Gasteiger partial charge is 0.497 e. The van der Waals surface area contributed by atoms with Crippen molar-refractivity contribution in [3.8, 4) is 11.5 Å². The van der Waals surface area contributed by atoms with Gasteiger partial charge in [-0.25, -0.2) is 0 Å². The van der Waals surface area contributed by atoms with Crippen molar-refractivity contribution in [1.29, 1.82) is 0 Å².